The van der Waals surface area contributed by atoms with Crippen molar-refractivity contribution in [1.29, 1.82) is 0 Å². The van der Waals surface area contributed by atoms with Gasteiger partial charge in [0.05, 0.1) is 0 Å². The number of amides is 1. The zero-order valence-electron chi connectivity index (χ0n) is 10.8. The summed E-state index contributed by atoms with van der Waals surface area (Å²) < 4.78 is 13.0. The highest BCUT2D eigenvalue weighted by atomic mass is 19.1. The molecule has 0 aliphatic heterocycles. The summed E-state index contributed by atoms with van der Waals surface area (Å²) in [6.45, 7) is 4.32. The van der Waals surface area contributed by atoms with Crippen LogP contribution in [-0.4, -0.2) is 16.9 Å². The van der Waals surface area contributed by atoms with E-state index in [4.69, 9.17) is 0 Å². The number of rotatable bonds is 2. The van der Waals surface area contributed by atoms with Gasteiger partial charge in [0.1, 0.15) is 0 Å². The van der Waals surface area contributed by atoms with Crippen LogP contribution in [0.25, 0.3) is 0 Å². The van der Waals surface area contributed by atoms with Gasteiger partial charge in [0.25, 0.3) is 5.91 Å². The van der Waals surface area contributed by atoms with Crippen molar-refractivity contribution >= 4 is 5.91 Å². The van der Waals surface area contributed by atoms with Crippen molar-refractivity contribution in [2.45, 2.75) is 39.2 Å². The maximum Gasteiger partial charge on any atom is 0.251 e. The molecule has 0 bridgehead atoms. The molecule has 3 nitrogen and oxygen atoms in total. The van der Waals surface area contributed by atoms with Gasteiger partial charge in [-0.2, -0.15) is 4.39 Å². The van der Waals surface area contributed by atoms with Crippen molar-refractivity contribution < 1.29 is 9.18 Å². The topological polar surface area (TPSA) is 42.0 Å². The molecule has 1 saturated carbocycles. The van der Waals surface area contributed by atoms with Gasteiger partial charge in [-0.3, -0.25) is 4.79 Å². The molecule has 1 aromatic heterocycles. The second-order valence-electron chi connectivity index (χ2n) is 5.25. The number of halogens is 1. The van der Waals surface area contributed by atoms with Gasteiger partial charge >= 0.3 is 0 Å². The molecule has 0 radical (unpaired) electrons. The SMILES string of the molecule is CC1CCCC(C)C1NC(=O)c1ccnc(F)c1. The van der Waals surface area contributed by atoms with Crippen LogP contribution in [0.15, 0.2) is 18.3 Å². The largest absolute Gasteiger partial charge is 0.349 e. The Hall–Kier alpha value is -1.45. The summed E-state index contributed by atoms with van der Waals surface area (Å²) in [6, 6.07) is 2.90. The van der Waals surface area contributed by atoms with E-state index in [2.05, 4.69) is 24.1 Å². The molecule has 2 rings (SSSR count). The van der Waals surface area contributed by atoms with Crippen molar-refractivity contribution in [3.8, 4) is 0 Å². The van der Waals surface area contributed by atoms with Gasteiger partial charge in [-0.25, -0.2) is 4.98 Å². The molecule has 4 heteroatoms. The predicted octanol–water partition coefficient (Wildman–Crippen LogP) is 2.78. The Morgan fingerprint density at radius 1 is 1.39 bits per heavy atom. The number of pyridine rings is 1. The maximum absolute atomic E-state index is 13.0. The van der Waals surface area contributed by atoms with E-state index in [0.717, 1.165) is 12.8 Å². The third-order valence-electron chi connectivity index (χ3n) is 3.83. The number of carbonyl (C=O) groups is 1. The van der Waals surface area contributed by atoms with Crippen molar-refractivity contribution in [2.24, 2.45) is 11.8 Å². The fourth-order valence-corrected chi connectivity index (χ4v) is 2.74. The summed E-state index contributed by atoms with van der Waals surface area (Å²) in [5.74, 6) is 0.128. The highest BCUT2D eigenvalue weighted by Gasteiger charge is 2.29. The van der Waals surface area contributed by atoms with E-state index in [9.17, 15) is 9.18 Å². The first-order valence-corrected chi connectivity index (χ1v) is 6.50. The molecule has 1 aromatic rings. The lowest BCUT2D eigenvalue weighted by Gasteiger charge is -2.35. The summed E-state index contributed by atoms with van der Waals surface area (Å²) in [4.78, 5) is 15.5. The minimum atomic E-state index is -0.618. The molecule has 1 aliphatic carbocycles. The van der Waals surface area contributed by atoms with Crippen LogP contribution in [0.2, 0.25) is 0 Å². The summed E-state index contributed by atoms with van der Waals surface area (Å²) in [7, 11) is 0. The van der Waals surface area contributed by atoms with Gasteiger partial charge in [0.15, 0.2) is 0 Å². The van der Waals surface area contributed by atoms with Gasteiger partial charge in [-0.15, -0.1) is 0 Å². The Bertz CT molecular complexity index is 426. The van der Waals surface area contributed by atoms with Crippen LogP contribution in [0.4, 0.5) is 4.39 Å². The zero-order valence-corrected chi connectivity index (χ0v) is 10.8. The molecule has 1 fully saturated rings. The third kappa shape index (κ3) is 2.86. The van der Waals surface area contributed by atoms with E-state index in [1.807, 2.05) is 0 Å². The second-order valence-corrected chi connectivity index (χ2v) is 5.25. The molecule has 1 aliphatic rings. The third-order valence-corrected chi connectivity index (χ3v) is 3.83. The number of hydrogen-bond donors (Lipinski definition) is 1. The molecule has 0 spiro atoms. The molecule has 0 aromatic carbocycles. The molecule has 18 heavy (non-hydrogen) atoms. The van der Waals surface area contributed by atoms with Gasteiger partial charge in [0, 0.05) is 23.9 Å². The van der Waals surface area contributed by atoms with Crippen LogP contribution in [-0.2, 0) is 0 Å². The quantitative estimate of drug-likeness (QED) is 0.820. The first-order chi connectivity index (χ1) is 8.58. The predicted molar refractivity (Wildman–Crippen MR) is 67.6 cm³/mol. The van der Waals surface area contributed by atoms with Crippen molar-refractivity contribution in [1.82, 2.24) is 10.3 Å². The van der Waals surface area contributed by atoms with Crippen LogP contribution >= 0.6 is 0 Å². The summed E-state index contributed by atoms with van der Waals surface area (Å²) in [6.07, 6.45) is 4.82. The summed E-state index contributed by atoms with van der Waals surface area (Å²) in [5.41, 5.74) is 0.340. The van der Waals surface area contributed by atoms with E-state index < -0.39 is 5.95 Å². The van der Waals surface area contributed by atoms with Crippen LogP contribution < -0.4 is 5.32 Å². The van der Waals surface area contributed by atoms with Crippen LogP contribution in [0.5, 0.6) is 0 Å². The van der Waals surface area contributed by atoms with Gasteiger partial charge in [-0.1, -0.05) is 20.3 Å². The molecule has 2 atom stereocenters. The summed E-state index contributed by atoms with van der Waals surface area (Å²) >= 11 is 0. The number of nitrogens with one attached hydrogen (secondary N) is 1. The minimum Gasteiger partial charge on any atom is -0.349 e. The van der Waals surface area contributed by atoms with E-state index >= 15 is 0 Å². The Morgan fingerprint density at radius 3 is 2.67 bits per heavy atom. The maximum atomic E-state index is 13.0. The van der Waals surface area contributed by atoms with E-state index in [1.165, 1.54) is 24.8 Å². The molecule has 1 amide bonds. The molecule has 0 saturated heterocycles. The zero-order chi connectivity index (χ0) is 13.1. The standard InChI is InChI=1S/C14H19FN2O/c1-9-4-3-5-10(2)13(9)17-14(18)11-6-7-16-12(15)8-11/h6-10,13H,3-5H2,1-2H3,(H,17,18). The molecular formula is C14H19FN2O. The Morgan fingerprint density at radius 2 is 2.06 bits per heavy atom. The van der Waals surface area contributed by atoms with E-state index in [0.29, 0.717) is 17.4 Å². The highest BCUT2D eigenvalue weighted by Crippen LogP contribution is 2.28. The molecule has 98 valence electrons. The fourth-order valence-electron chi connectivity index (χ4n) is 2.74. The Kier molecular flexibility index (Phi) is 3.94. The lowest BCUT2D eigenvalue weighted by Crippen LogP contribution is -2.45. The first-order valence-electron chi connectivity index (χ1n) is 6.50. The van der Waals surface area contributed by atoms with E-state index in [-0.39, 0.29) is 11.9 Å². The lowest BCUT2D eigenvalue weighted by molar-refractivity contribution is 0.0880. The summed E-state index contributed by atoms with van der Waals surface area (Å²) in [5, 5.41) is 3.03. The van der Waals surface area contributed by atoms with Crippen LogP contribution in [0.3, 0.4) is 0 Å². The number of carbonyl (C=O) groups excluding carboxylic acids is 1. The molecule has 1 N–H and O–H groups in total. The fraction of sp³-hybridized carbons (Fsp3) is 0.571. The average Bonchev–Trinajstić information content (AvgIpc) is 2.34. The lowest BCUT2D eigenvalue weighted by atomic mass is 9.78. The smallest absolute Gasteiger partial charge is 0.251 e. The molecule has 2 unspecified atom stereocenters. The highest BCUT2D eigenvalue weighted by molar-refractivity contribution is 5.94. The number of hydrogen-bond acceptors (Lipinski definition) is 2. The minimum absolute atomic E-state index is 0.183. The van der Waals surface area contributed by atoms with Crippen molar-refractivity contribution in [2.75, 3.05) is 0 Å². The Balaban J connectivity index is 2.06. The monoisotopic (exact) mass is 250 g/mol. The van der Waals surface area contributed by atoms with Gasteiger partial charge in [0.2, 0.25) is 5.95 Å². The van der Waals surface area contributed by atoms with Crippen LogP contribution in [0.1, 0.15) is 43.5 Å². The first kappa shape index (κ1) is 13.0. The number of nitrogens with zero attached hydrogens (tertiary/aromatic N) is 1. The van der Waals surface area contributed by atoms with Gasteiger partial charge in [-0.05, 0) is 30.7 Å². The number of aromatic nitrogens is 1. The normalized spacial score (nSPS) is 27.8. The van der Waals surface area contributed by atoms with Crippen molar-refractivity contribution in [3.63, 3.8) is 0 Å². The van der Waals surface area contributed by atoms with Crippen LogP contribution in [0, 0.1) is 17.8 Å². The van der Waals surface area contributed by atoms with E-state index in [1.54, 1.807) is 0 Å². The second kappa shape index (κ2) is 5.46. The molecular weight excluding hydrogens is 231 g/mol. The van der Waals surface area contributed by atoms with Crippen molar-refractivity contribution in [3.05, 3.63) is 29.8 Å². The Labute approximate surface area is 107 Å². The molecule has 1 heterocycles. The van der Waals surface area contributed by atoms with Gasteiger partial charge < -0.3 is 5.32 Å². The average molecular weight is 250 g/mol.